The van der Waals surface area contributed by atoms with Crippen LogP contribution in [0.15, 0.2) is 0 Å². The molecule has 0 rings (SSSR count). The first-order chi connectivity index (χ1) is 7.20. The van der Waals surface area contributed by atoms with Gasteiger partial charge in [0.2, 0.25) is 0 Å². The van der Waals surface area contributed by atoms with E-state index in [1.807, 2.05) is 6.92 Å². The molecule has 88 valence electrons. The summed E-state index contributed by atoms with van der Waals surface area (Å²) in [6, 6.07) is 0. The summed E-state index contributed by atoms with van der Waals surface area (Å²) < 4.78 is 14.4. The van der Waals surface area contributed by atoms with Gasteiger partial charge in [-0.05, 0) is 13.8 Å². The lowest BCUT2D eigenvalue weighted by Gasteiger charge is -2.04. The summed E-state index contributed by atoms with van der Waals surface area (Å²) >= 11 is 0. The molecule has 0 aromatic heterocycles. The second-order valence-electron chi connectivity index (χ2n) is 2.72. The SMILES string of the molecule is CCOCCOC(=O)CCC(=O)OCC. The van der Waals surface area contributed by atoms with Gasteiger partial charge in [-0.25, -0.2) is 0 Å². The summed E-state index contributed by atoms with van der Waals surface area (Å²) in [5.74, 6) is -0.776. The van der Waals surface area contributed by atoms with Gasteiger partial charge in [0.1, 0.15) is 6.61 Å². The third-order valence-electron chi connectivity index (χ3n) is 1.53. The molecular weight excluding hydrogens is 200 g/mol. The summed E-state index contributed by atoms with van der Waals surface area (Å²) in [6.07, 6.45) is 0.131. The maximum atomic E-state index is 11.0. The van der Waals surface area contributed by atoms with Gasteiger partial charge < -0.3 is 14.2 Å². The van der Waals surface area contributed by atoms with E-state index < -0.39 is 5.97 Å². The largest absolute Gasteiger partial charge is 0.466 e. The molecule has 0 aliphatic heterocycles. The Bertz CT molecular complexity index is 190. The van der Waals surface area contributed by atoms with E-state index in [9.17, 15) is 9.59 Å². The van der Waals surface area contributed by atoms with Gasteiger partial charge in [-0.2, -0.15) is 0 Å². The Labute approximate surface area is 89.7 Å². The molecule has 0 saturated heterocycles. The molecule has 0 saturated carbocycles. The second kappa shape index (κ2) is 9.45. The fraction of sp³-hybridized carbons (Fsp3) is 0.800. The number of hydrogen-bond donors (Lipinski definition) is 0. The molecule has 5 heteroatoms. The maximum absolute atomic E-state index is 11.0. The van der Waals surface area contributed by atoms with Crippen LogP contribution in [0.4, 0.5) is 0 Å². The zero-order valence-corrected chi connectivity index (χ0v) is 9.28. The molecule has 0 heterocycles. The quantitative estimate of drug-likeness (QED) is 0.447. The lowest BCUT2D eigenvalue weighted by atomic mass is 10.3. The van der Waals surface area contributed by atoms with Gasteiger partial charge in [0.15, 0.2) is 0 Å². The minimum absolute atomic E-state index is 0.0605. The van der Waals surface area contributed by atoms with Crippen molar-refractivity contribution in [3.8, 4) is 0 Å². The first-order valence-corrected chi connectivity index (χ1v) is 5.09. The van der Waals surface area contributed by atoms with E-state index in [1.54, 1.807) is 6.92 Å². The van der Waals surface area contributed by atoms with Gasteiger partial charge in [-0.3, -0.25) is 9.59 Å². The highest BCUT2D eigenvalue weighted by Gasteiger charge is 2.07. The van der Waals surface area contributed by atoms with E-state index in [-0.39, 0.29) is 25.4 Å². The summed E-state index contributed by atoms with van der Waals surface area (Å²) in [6.45, 7) is 5.14. The van der Waals surface area contributed by atoms with Crippen LogP contribution in [-0.2, 0) is 23.8 Å². The van der Waals surface area contributed by atoms with Crippen molar-refractivity contribution in [2.24, 2.45) is 0 Å². The second-order valence-corrected chi connectivity index (χ2v) is 2.72. The number of hydrogen-bond acceptors (Lipinski definition) is 5. The van der Waals surface area contributed by atoms with Gasteiger partial charge in [-0.1, -0.05) is 0 Å². The number of carbonyl (C=O) groups excluding carboxylic acids is 2. The van der Waals surface area contributed by atoms with Crippen LogP contribution in [0.2, 0.25) is 0 Å². The molecule has 0 aromatic carbocycles. The Morgan fingerprint density at radius 1 is 0.867 bits per heavy atom. The van der Waals surface area contributed by atoms with Gasteiger partial charge >= 0.3 is 11.9 Å². The average molecular weight is 218 g/mol. The van der Waals surface area contributed by atoms with Crippen LogP contribution in [0, 0.1) is 0 Å². The Balaban J connectivity index is 3.36. The minimum Gasteiger partial charge on any atom is -0.466 e. The van der Waals surface area contributed by atoms with Crippen LogP contribution in [0.1, 0.15) is 26.7 Å². The molecule has 0 N–H and O–H groups in total. The molecule has 0 radical (unpaired) electrons. The Morgan fingerprint density at radius 2 is 1.47 bits per heavy atom. The third-order valence-corrected chi connectivity index (χ3v) is 1.53. The Hall–Kier alpha value is -1.10. The van der Waals surface area contributed by atoms with Crippen molar-refractivity contribution in [1.82, 2.24) is 0 Å². The van der Waals surface area contributed by atoms with Crippen LogP contribution < -0.4 is 0 Å². The molecule has 0 spiro atoms. The first kappa shape index (κ1) is 13.9. The van der Waals surface area contributed by atoms with Crippen molar-refractivity contribution in [3.63, 3.8) is 0 Å². The van der Waals surface area contributed by atoms with Gasteiger partial charge in [0, 0.05) is 6.61 Å². The van der Waals surface area contributed by atoms with E-state index >= 15 is 0 Å². The van der Waals surface area contributed by atoms with Crippen LogP contribution >= 0.6 is 0 Å². The highest BCUT2D eigenvalue weighted by Crippen LogP contribution is 1.95. The van der Waals surface area contributed by atoms with Crippen molar-refractivity contribution in [2.45, 2.75) is 26.7 Å². The molecule has 15 heavy (non-hydrogen) atoms. The highest BCUT2D eigenvalue weighted by atomic mass is 16.6. The van der Waals surface area contributed by atoms with E-state index in [1.165, 1.54) is 0 Å². The summed E-state index contributed by atoms with van der Waals surface area (Å²) in [5, 5.41) is 0. The van der Waals surface area contributed by atoms with E-state index in [2.05, 4.69) is 4.74 Å². The molecule has 0 aliphatic carbocycles. The predicted octanol–water partition coefficient (Wildman–Crippen LogP) is 0.909. The molecule has 0 aromatic rings. The van der Waals surface area contributed by atoms with E-state index in [4.69, 9.17) is 9.47 Å². The first-order valence-electron chi connectivity index (χ1n) is 5.09. The standard InChI is InChI=1S/C10H18O5/c1-3-13-7-8-15-10(12)6-5-9(11)14-4-2/h3-8H2,1-2H3. The maximum Gasteiger partial charge on any atom is 0.306 e. The van der Waals surface area contributed by atoms with Crippen LogP contribution in [0.3, 0.4) is 0 Å². The Morgan fingerprint density at radius 3 is 2.00 bits per heavy atom. The van der Waals surface area contributed by atoms with Crippen molar-refractivity contribution >= 4 is 11.9 Å². The van der Waals surface area contributed by atoms with Crippen molar-refractivity contribution < 1.29 is 23.8 Å². The lowest BCUT2D eigenvalue weighted by molar-refractivity contribution is -0.150. The predicted molar refractivity (Wildman–Crippen MR) is 53.3 cm³/mol. The molecule has 0 bridgehead atoms. The zero-order valence-electron chi connectivity index (χ0n) is 9.28. The van der Waals surface area contributed by atoms with E-state index in [0.29, 0.717) is 19.8 Å². The van der Waals surface area contributed by atoms with Gasteiger partial charge in [-0.15, -0.1) is 0 Å². The van der Waals surface area contributed by atoms with Crippen LogP contribution in [0.25, 0.3) is 0 Å². The third kappa shape index (κ3) is 9.21. The van der Waals surface area contributed by atoms with Crippen LogP contribution in [0.5, 0.6) is 0 Å². The Kier molecular flexibility index (Phi) is 8.76. The number of esters is 2. The topological polar surface area (TPSA) is 61.8 Å². The average Bonchev–Trinajstić information content (AvgIpc) is 2.22. The summed E-state index contributed by atoms with van der Waals surface area (Å²) in [5.41, 5.74) is 0. The summed E-state index contributed by atoms with van der Waals surface area (Å²) in [7, 11) is 0. The summed E-state index contributed by atoms with van der Waals surface area (Å²) in [4.78, 5) is 21.9. The molecular formula is C10H18O5. The van der Waals surface area contributed by atoms with Crippen molar-refractivity contribution in [1.29, 1.82) is 0 Å². The molecule has 0 amide bonds. The van der Waals surface area contributed by atoms with Gasteiger partial charge in [0.25, 0.3) is 0 Å². The fourth-order valence-electron chi connectivity index (χ4n) is 0.868. The highest BCUT2D eigenvalue weighted by molar-refractivity contribution is 5.77. The fourth-order valence-corrected chi connectivity index (χ4v) is 0.868. The monoisotopic (exact) mass is 218 g/mol. The van der Waals surface area contributed by atoms with Crippen molar-refractivity contribution in [3.05, 3.63) is 0 Å². The molecule has 0 atom stereocenters. The lowest BCUT2D eigenvalue weighted by Crippen LogP contribution is -2.13. The molecule has 0 fully saturated rings. The van der Waals surface area contributed by atoms with E-state index in [0.717, 1.165) is 0 Å². The molecule has 0 aliphatic rings. The smallest absolute Gasteiger partial charge is 0.306 e. The van der Waals surface area contributed by atoms with Crippen molar-refractivity contribution in [2.75, 3.05) is 26.4 Å². The molecule has 0 unspecified atom stereocenters. The van der Waals surface area contributed by atoms with Gasteiger partial charge in [0.05, 0.1) is 26.1 Å². The number of carbonyl (C=O) groups is 2. The number of ether oxygens (including phenoxy) is 3. The zero-order chi connectivity index (χ0) is 11.5. The molecule has 5 nitrogen and oxygen atoms in total. The number of rotatable bonds is 8. The normalized spacial score (nSPS) is 9.73. The van der Waals surface area contributed by atoms with Crippen LogP contribution in [-0.4, -0.2) is 38.4 Å². The minimum atomic E-state index is -0.400.